The highest BCUT2D eigenvalue weighted by Crippen LogP contribution is 2.39. The van der Waals surface area contributed by atoms with Gasteiger partial charge in [0.1, 0.15) is 5.75 Å². The molecule has 0 aliphatic heterocycles. The molecule has 0 bridgehead atoms. The highest BCUT2D eigenvalue weighted by Gasteiger charge is 2.17. The highest BCUT2D eigenvalue weighted by atomic mass is 35.5. The number of hydrogen-bond donors (Lipinski definition) is 0. The van der Waals surface area contributed by atoms with Gasteiger partial charge in [0.2, 0.25) is 0 Å². The molecule has 2 aromatic rings. The maximum Gasteiger partial charge on any atom is 0.138 e. The van der Waals surface area contributed by atoms with Crippen molar-refractivity contribution in [1.82, 2.24) is 0 Å². The van der Waals surface area contributed by atoms with E-state index in [4.69, 9.17) is 39.5 Å². The van der Waals surface area contributed by atoms with Gasteiger partial charge in [-0.05, 0) is 29.2 Å². The molecule has 2 rings (SSSR count). The van der Waals surface area contributed by atoms with E-state index in [9.17, 15) is 0 Å². The summed E-state index contributed by atoms with van der Waals surface area (Å²) >= 11 is 18.9. The molecule has 0 heterocycles. The molecule has 1 nitrogen and oxygen atoms in total. The molecule has 0 aliphatic rings. The Labute approximate surface area is 134 Å². The Morgan fingerprint density at radius 1 is 1.05 bits per heavy atom. The van der Waals surface area contributed by atoms with Crippen LogP contribution in [-0.4, -0.2) is 7.11 Å². The highest BCUT2D eigenvalue weighted by molar-refractivity contribution is 6.36. The number of aryl methyl sites for hydroxylation is 1. The second-order valence-corrected chi connectivity index (χ2v) is 5.72. The Balaban J connectivity index is 2.36. The van der Waals surface area contributed by atoms with Crippen molar-refractivity contribution in [2.75, 3.05) is 7.11 Å². The van der Waals surface area contributed by atoms with E-state index in [0.717, 1.165) is 17.5 Å². The number of hydrogen-bond acceptors (Lipinski definition) is 1. The Hall–Kier alpha value is -0.890. The maximum absolute atomic E-state index is 6.52. The van der Waals surface area contributed by atoms with Crippen molar-refractivity contribution >= 4 is 34.8 Å². The lowest BCUT2D eigenvalue weighted by atomic mass is 10.0. The van der Waals surface area contributed by atoms with Crippen LogP contribution in [0.3, 0.4) is 0 Å². The fourth-order valence-electron chi connectivity index (χ4n) is 2.00. The maximum atomic E-state index is 6.52. The van der Waals surface area contributed by atoms with Gasteiger partial charge in [-0.25, -0.2) is 0 Å². The van der Waals surface area contributed by atoms with E-state index in [-0.39, 0.29) is 5.38 Å². The Kier molecular flexibility index (Phi) is 5.20. The molecule has 0 fully saturated rings. The third kappa shape index (κ3) is 3.22. The number of benzene rings is 2. The summed E-state index contributed by atoms with van der Waals surface area (Å²) in [5.74, 6) is 0.547. The standard InChI is InChI=1S/C16H15Cl3O/c1-3-10-4-6-11(7-5-10)16(19)12-8-14(18)15(20-2)9-13(12)17/h4-9,16H,3H2,1-2H3. The van der Waals surface area contributed by atoms with Crippen LogP contribution < -0.4 is 4.74 Å². The molecule has 0 aromatic heterocycles. The first-order chi connectivity index (χ1) is 9.56. The molecule has 0 saturated carbocycles. The van der Waals surface area contributed by atoms with Gasteiger partial charge < -0.3 is 4.74 Å². The number of methoxy groups -OCH3 is 1. The molecular weight excluding hydrogens is 315 g/mol. The normalized spacial score (nSPS) is 12.2. The molecule has 0 aliphatic carbocycles. The minimum atomic E-state index is -0.336. The summed E-state index contributed by atoms with van der Waals surface area (Å²) in [4.78, 5) is 0. The molecule has 0 amide bonds. The van der Waals surface area contributed by atoms with Crippen LogP contribution in [0.25, 0.3) is 0 Å². The summed E-state index contributed by atoms with van der Waals surface area (Å²) in [5, 5.41) is 0.713. The molecule has 0 radical (unpaired) electrons. The molecule has 4 heteroatoms. The topological polar surface area (TPSA) is 9.23 Å². The molecule has 2 aromatic carbocycles. The summed E-state index contributed by atoms with van der Waals surface area (Å²) in [6, 6.07) is 11.6. The van der Waals surface area contributed by atoms with Crippen molar-refractivity contribution in [3.8, 4) is 5.75 Å². The van der Waals surface area contributed by atoms with Gasteiger partial charge in [0.15, 0.2) is 0 Å². The van der Waals surface area contributed by atoms with Gasteiger partial charge in [-0.15, -0.1) is 11.6 Å². The average Bonchev–Trinajstić information content (AvgIpc) is 2.48. The smallest absolute Gasteiger partial charge is 0.138 e. The lowest BCUT2D eigenvalue weighted by Crippen LogP contribution is -1.96. The number of ether oxygens (including phenoxy) is 1. The van der Waals surface area contributed by atoms with Crippen LogP contribution in [0, 0.1) is 0 Å². The van der Waals surface area contributed by atoms with Crippen molar-refractivity contribution in [3.05, 3.63) is 63.1 Å². The van der Waals surface area contributed by atoms with Gasteiger partial charge in [-0.1, -0.05) is 54.4 Å². The predicted octanol–water partition coefficient (Wildman–Crippen LogP) is 5.89. The van der Waals surface area contributed by atoms with Crippen LogP contribution in [0.5, 0.6) is 5.75 Å². The lowest BCUT2D eigenvalue weighted by molar-refractivity contribution is 0.415. The minimum absolute atomic E-state index is 0.336. The van der Waals surface area contributed by atoms with Gasteiger partial charge >= 0.3 is 0 Å². The first-order valence-electron chi connectivity index (χ1n) is 6.32. The number of rotatable bonds is 4. The second-order valence-electron chi connectivity index (χ2n) is 4.47. The van der Waals surface area contributed by atoms with E-state index >= 15 is 0 Å². The SMILES string of the molecule is CCc1ccc(C(Cl)c2cc(Cl)c(OC)cc2Cl)cc1. The van der Waals surface area contributed by atoms with Crippen molar-refractivity contribution in [2.45, 2.75) is 18.7 Å². The van der Waals surface area contributed by atoms with E-state index < -0.39 is 0 Å². The zero-order chi connectivity index (χ0) is 14.7. The van der Waals surface area contributed by atoms with Gasteiger partial charge in [0, 0.05) is 11.1 Å². The van der Waals surface area contributed by atoms with Crippen LogP contribution in [-0.2, 0) is 6.42 Å². The first kappa shape index (κ1) is 15.5. The van der Waals surface area contributed by atoms with Crippen molar-refractivity contribution in [3.63, 3.8) is 0 Å². The molecule has 20 heavy (non-hydrogen) atoms. The fourth-order valence-corrected chi connectivity index (χ4v) is 2.89. The van der Waals surface area contributed by atoms with E-state index in [1.807, 2.05) is 12.1 Å². The van der Waals surface area contributed by atoms with Gasteiger partial charge in [0.05, 0.1) is 17.5 Å². The molecule has 1 unspecified atom stereocenters. The lowest BCUT2D eigenvalue weighted by Gasteiger charge is -2.14. The third-order valence-electron chi connectivity index (χ3n) is 3.22. The molecule has 0 saturated heterocycles. The van der Waals surface area contributed by atoms with Gasteiger partial charge in [-0.2, -0.15) is 0 Å². The van der Waals surface area contributed by atoms with E-state index in [0.29, 0.717) is 15.8 Å². The average molecular weight is 330 g/mol. The molecular formula is C16H15Cl3O. The van der Waals surface area contributed by atoms with E-state index in [1.54, 1.807) is 19.2 Å². The van der Waals surface area contributed by atoms with E-state index in [2.05, 4.69) is 19.1 Å². The Morgan fingerprint density at radius 3 is 2.25 bits per heavy atom. The van der Waals surface area contributed by atoms with Gasteiger partial charge in [0.25, 0.3) is 0 Å². The summed E-state index contributed by atoms with van der Waals surface area (Å²) < 4.78 is 5.14. The molecule has 0 N–H and O–H groups in total. The molecule has 0 spiro atoms. The molecule has 106 valence electrons. The minimum Gasteiger partial charge on any atom is -0.495 e. The Bertz CT molecular complexity index is 593. The van der Waals surface area contributed by atoms with Crippen LogP contribution >= 0.6 is 34.8 Å². The van der Waals surface area contributed by atoms with Gasteiger partial charge in [-0.3, -0.25) is 0 Å². The fraction of sp³-hybridized carbons (Fsp3) is 0.250. The number of halogens is 3. The molecule has 1 atom stereocenters. The monoisotopic (exact) mass is 328 g/mol. The number of alkyl halides is 1. The quantitative estimate of drug-likeness (QED) is 0.635. The summed E-state index contributed by atoms with van der Waals surface area (Å²) in [5.41, 5.74) is 3.05. The van der Waals surface area contributed by atoms with Crippen molar-refractivity contribution in [2.24, 2.45) is 0 Å². The first-order valence-corrected chi connectivity index (χ1v) is 7.51. The predicted molar refractivity (Wildman–Crippen MR) is 86.5 cm³/mol. The second kappa shape index (κ2) is 6.71. The summed E-state index contributed by atoms with van der Waals surface area (Å²) in [6.45, 7) is 2.12. The zero-order valence-electron chi connectivity index (χ0n) is 11.3. The van der Waals surface area contributed by atoms with Crippen molar-refractivity contribution in [1.29, 1.82) is 0 Å². The third-order valence-corrected chi connectivity index (χ3v) is 4.33. The Morgan fingerprint density at radius 2 is 1.70 bits per heavy atom. The zero-order valence-corrected chi connectivity index (χ0v) is 13.6. The van der Waals surface area contributed by atoms with Crippen LogP contribution in [0.4, 0.5) is 0 Å². The van der Waals surface area contributed by atoms with Crippen molar-refractivity contribution < 1.29 is 4.74 Å². The summed E-state index contributed by atoms with van der Waals surface area (Å²) in [7, 11) is 1.55. The van der Waals surface area contributed by atoms with Crippen LogP contribution in [0.2, 0.25) is 10.0 Å². The van der Waals surface area contributed by atoms with Crippen LogP contribution in [0.1, 0.15) is 29.0 Å². The van der Waals surface area contributed by atoms with E-state index in [1.165, 1.54) is 5.56 Å². The largest absolute Gasteiger partial charge is 0.495 e. The summed E-state index contributed by atoms with van der Waals surface area (Å²) in [6.07, 6.45) is 1.00. The van der Waals surface area contributed by atoms with Crippen LogP contribution in [0.15, 0.2) is 36.4 Å².